The molecule has 1 aromatic carbocycles. The molecule has 6 heteroatoms. The molecule has 0 radical (unpaired) electrons. The van der Waals surface area contributed by atoms with Crippen molar-refractivity contribution in [2.45, 2.75) is 37.6 Å². The minimum Gasteiger partial charge on any atom is -0.274 e. The minimum atomic E-state index is -4.03. The van der Waals surface area contributed by atoms with Gasteiger partial charge in [-0.3, -0.25) is 4.79 Å². The molecule has 2 unspecified atom stereocenters. The molecule has 0 N–H and O–H groups in total. The van der Waals surface area contributed by atoms with Crippen molar-refractivity contribution in [1.82, 2.24) is 4.31 Å². The average molecular weight is 300 g/mol. The molecule has 2 aliphatic rings. The third-order valence-electron chi connectivity index (χ3n) is 4.26. The van der Waals surface area contributed by atoms with E-state index in [2.05, 4.69) is 6.92 Å². The van der Waals surface area contributed by atoms with Crippen molar-refractivity contribution in [3.05, 3.63) is 35.4 Å². The number of hydrogen-bond donors (Lipinski definition) is 0. The molecule has 1 amide bonds. The fourth-order valence-electron chi connectivity index (χ4n) is 3.36. The molecular formula is C13H14ClNO3S. The number of rotatable bonds is 1. The highest BCUT2D eigenvalue weighted by molar-refractivity contribution is 8.12. The van der Waals surface area contributed by atoms with E-state index in [4.69, 9.17) is 10.7 Å². The molecular weight excluding hydrogens is 286 g/mol. The normalized spacial score (nSPS) is 30.1. The average Bonchev–Trinajstić information content (AvgIpc) is 2.30. The molecule has 1 spiro atoms. The van der Waals surface area contributed by atoms with Crippen molar-refractivity contribution in [2.24, 2.45) is 0 Å². The first kappa shape index (κ1) is 12.9. The summed E-state index contributed by atoms with van der Waals surface area (Å²) in [6, 6.07) is 7.73. The molecule has 4 nitrogen and oxygen atoms in total. The van der Waals surface area contributed by atoms with E-state index in [1.165, 1.54) is 0 Å². The Morgan fingerprint density at radius 2 is 2.05 bits per heavy atom. The van der Waals surface area contributed by atoms with Gasteiger partial charge in [0.2, 0.25) is 5.91 Å². The number of carbonyl (C=O) groups excluding carboxylic acids is 1. The summed E-state index contributed by atoms with van der Waals surface area (Å²) in [5, 5.41) is 0. The van der Waals surface area contributed by atoms with E-state index >= 15 is 0 Å². The zero-order valence-corrected chi connectivity index (χ0v) is 12.0. The van der Waals surface area contributed by atoms with Gasteiger partial charge < -0.3 is 0 Å². The molecule has 102 valence electrons. The number of fused-ring (bicyclic) bond motifs is 2. The maximum atomic E-state index is 11.7. The van der Waals surface area contributed by atoms with Gasteiger partial charge in [0.25, 0.3) is 0 Å². The summed E-state index contributed by atoms with van der Waals surface area (Å²) in [5.41, 5.74) is 1.30. The molecule has 1 fully saturated rings. The van der Waals surface area contributed by atoms with Gasteiger partial charge in [0, 0.05) is 10.7 Å². The van der Waals surface area contributed by atoms with Crippen LogP contribution in [-0.4, -0.2) is 18.6 Å². The van der Waals surface area contributed by atoms with Gasteiger partial charge in [-0.1, -0.05) is 31.2 Å². The second kappa shape index (κ2) is 3.96. The van der Waals surface area contributed by atoms with E-state index in [1.807, 2.05) is 24.3 Å². The van der Waals surface area contributed by atoms with Crippen molar-refractivity contribution >= 4 is 25.8 Å². The van der Waals surface area contributed by atoms with Crippen LogP contribution in [0.2, 0.25) is 0 Å². The summed E-state index contributed by atoms with van der Waals surface area (Å²) in [6.45, 7) is 2.12. The number of hydrogen-bond acceptors (Lipinski definition) is 3. The zero-order valence-electron chi connectivity index (χ0n) is 10.5. The Labute approximate surface area is 116 Å². The van der Waals surface area contributed by atoms with Crippen LogP contribution < -0.4 is 0 Å². The van der Waals surface area contributed by atoms with Crippen molar-refractivity contribution < 1.29 is 13.2 Å². The van der Waals surface area contributed by atoms with Crippen molar-refractivity contribution in [3.8, 4) is 0 Å². The van der Waals surface area contributed by atoms with Gasteiger partial charge in [-0.15, -0.1) is 0 Å². The summed E-state index contributed by atoms with van der Waals surface area (Å²) in [6.07, 6.45) is 1.72. The third kappa shape index (κ3) is 1.71. The number of β-lactam (4-membered cyclic amide) rings is 1. The molecule has 0 bridgehead atoms. The van der Waals surface area contributed by atoms with Gasteiger partial charge in [0.15, 0.2) is 0 Å². The van der Waals surface area contributed by atoms with Crippen LogP contribution in [0, 0.1) is 0 Å². The summed E-state index contributed by atoms with van der Waals surface area (Å²) in [7, 11) is 1.41. The Morgan fingerprint density at radius 1 is 1.37 bits per heavy atom. The second-order valence-corrected chi connectivity index (χ2v) is 7.69. The summed E-state index contributed by atoms with van der Waals surface area (Å²) in [5.74, 6) is -0.0447. The fraction of sp³-hybridized carbons (Fsp3) is 0.462. The van der Waals surface area contributed by atoms with Crippen molar-refractivity contribution in [2.75, 3.05) is 0 Å². The van der Waals surface area contributed by atoms with Gasteiger partial charge in [0.05, 0.1) is 12.0 Å². The largest absolute Gasteiger partial charge is 0.324 e. The predicted octanol–water partition coefficient (Wildman–Crippen LogP) is 2.50. The quantitative estimate of drug-likeness (QED) is 0.591. The van der Waals surface area contributed by atoms with E-state index in [-0.39, 0.29) is 6.42 Å². The summed E-state index contributed by atoms with van der Waals surface area (Å²) in [4.78, 5) is 11.7. The van der Waals surface area contributed by atoms with E-state index < -0.39 is 20.7 Å². The summed E-state index contributed by atoms with van der Waals surface area (Å²) < 4.78 is 24.2. The number of nitrogens with zero attached hydrogens (tertiary/aromatic N) is 1. The molecule has 0 saturated carbocycles. The number of benzene rings is 1. The highest BCUT2D eigenvalue weighted by atomic mass is 35.7. The third-order valence-corrected chi connectivity index (χ3v) is 5.66. The number of carbonyl (C=O) groups is 1. The van der Waals surface area contributed by atoms with Crippen LogP contribution in [-0.2, 0) is 19.6 Å². The maximum absolute atomic E-state index is 11.7. The Bertz CT molecular complexity index is 658. The lowest BCUT2D eigenvalue weighted by Gasteiger charge is -2.53. The zero-order chi connectivity index (χ0) is 13.8. The van der Waals surface area contributed by atoms with Gasteiger partial charge >= 0.3 is 9.24 Å². The first-order chi connectivity index (χ1) is 8.86. The van der Waals surface area contributed by atoms with Crippen LogP contribution >= 0.6 is 10.7 Å². The fourth-order valence-corrected chi connectivity index (χ4v) is 4.97. The first-order valence-electron chi connectivity index (χ1n) is 6.23. The SMILES string of the molecule is CC1CCC2(CC(=O)N2S(=O)(=O)Cl)c2ccccc21. The molecule has 1 aliphatic heterocycles. The standard InChI is InChI=1S/C13H14ClNO3S/c1-9-6-7-13(11-5-3-2-4-10(9)11)8-12(16)15(13)19(14,17)18/h2-5,9H,6-8H2,1H3. The highest BCUT2D eigenvalue weighted by Crippen LogP contribution is 2.53. The van der Waals surface area contributed by atoms with Crippen LogP contribution in [0.25, 0.3) is 0 Å². The molecule has 1 heterocycles. The van der Waals surface area contributed by atoms with Gasteiger partial charge in [0.1, 0.15) is 0 Å². The van der Waals surface area contributed by atoms with Crippen LogP contribution in [0.5, 0.6) is 0 Å². The lowest BCUT2D eigenvalue weighted by Crippen LogP contribution is -2.63. The van der Waals surface area contributed by atoms with E-state index in [0.717, 1.165) is 21.9 Å². The van der Waals surface area contributed by atoms with E-state index in [1.54, 1.807) is 0 Å². The van der Waals surface area contributed by atoms with Crippen LogP contribution in [0.15, 0.2) is 24.3 Å². The van der Waals surface area contributed by atoms with Crippen LogP contribution in [0.3, 0.4) is 0 Å². The smallest absolute Gasteiger partial charge is 0.274 e. The number of halogens is 1. The lowest BCUT2D eigenvalue weighted by molar-refractivity contribution is -0.147. The molecule has 2 atom stereocenters. The Morgan fingerprint density at radius 3 is 2.68 bits per heavy atom. The van der Waals surface area contributed by atoms with Gasteiger partial charge in [-0.05, 0) is 29.9 Å². The molecule has 1 saturated heterocycles. The van der Waals surface area contributed by atoms with Gasteiger partial charge in [-0.25, -0.2) is 4.31 Å². The Balaban J connectivity index is 2.18. The maximum Gasteiger partial charge on any atom is 0.324 e. The van der Waals surface area contributed by atoms with Crippen LogP contribution in [0.4, 0.5) is 0 Å². The van der Waals surface area contributed by atoms with E-state index in [9.17, 15) is 13.2 Å². The van der Waals surface area contributed by atoms with Gasteiger partial charge in [-0.2, -0.15) is 8.42 Å². The van der Waals surface area contributed by atoms with Crippen molar-refractivity contribution in [3.63, 3.8) is 0 Å². The molecule has 19 heavy (non-hydrogen) atoms. The monoisotopic (exact) mass is 299 g/mol. The summed E-state index contributed by atoms with van der Waals surface area (Å²) >= 11 is 0. The topological polar surface area (TPSA) is 54.5 Å². The molecule has 3 rings (SSSR count). The molecule has 1 aliphatic carbocycles. The highest BCUT2D eigenvalue weighted by Gasteiger charge is 2.59. The Kier molecular flexibility index (Phi) is 2.70. The molecule has 0 aromatic heterocycles. The Hall–Kier alpha value is -1.07. The predicted molar refractivity (Wildman–Crippen MR) is 72.0 cm³/mol. The van der Waals surface area contributed by atoms with E-state index in [0.29, 0.717) is 12.3 Å². The van der Waals surface area contributed by atoms with Crippen molar-refractivity contribution in [1.29, 1.82) is 0 Å². The first-order valence-corrected chi connectivity index (χ1v) is 8.50. The van der Waals surface area contributed by atoms with Crippen LogP contribution in [0.1, 0.15) is 43.2 Å². The molecule has 1 aromatic rings. The number of amides is 1. The lowest BCUT2D eigenvalue weighted by atomic mass is 9.67. The minimum absolute atomic E-state index is 0.225. The second-order valence-electron chi connectivity index (χ2n) is 5.34.